The summed E-state index contributed by atoms with van der Waals surface area (Å²) in [5.74, 6) is 0. The summed E-state index contributed by atoms with van der Waals surface area (Å²) in [7, 11) is 0. The number of rotatable bonds is 3. The summed E-state index contributed by atoms with van der Waals surface area (Å²) in [6, 6.07) is 0. The number of nitrogens with zero attached hydrogens (tertiary/aromatic N) is 2. The van der Waals surface area contributed by atoms with Gasteiger partial charge in [-0.05, 0) is 0 Å². The molecule has 19 heavy (non-hydrogen) atoms. The van der Waals surface area contributed by atoms with Crippen molar-refractivity contribution in [2.75, 3.05) is 6.61 Å². The summed E-state index contributed by atoms with van der Waals surface area (Å²) < 4.78 is 6.94. The summed E-state index contributed by atoms with van der Waals surface area (Å²) >= 11 is 2.58. The van der Waals surface area contributed by atoms with E-state index in [0.29, 0.717) is 0 Å². The predicted molar refractivity (Wildman–Crippen MR) is 64.8 cm³/mol. The third-order valence-electron chi connectivity index (χ3n) is 3.00. The summed E-state index contributed by atoms with van der Waals surface area (Å²) in [5.41, 5.74) is 5.23. The van der Waals surface area contributed by atoms with E-state index in [9.17, 15) is 15.0 Å². The average Bonchev–Trinajstić information content (AvgIpc) is 2.67. The molecule has 1 radical (unpaired) electrons. The van der Waals surface area contributed by atoms with Crippen LogP contribution in [0, 0.1) is 0 Å². The fourth-order valence-corrected chi connectivity index (χ4v) is 2.43. The minimum absolute atomic E-state index is 0.000903. The van der Waals surface area contributed by atoms with Crippen molar-refractivity contribution < 1.29 is 20.1 Å². The molecule has 4 atom stereocenters. The summed E-state index contributed by atoms with van der Waals surface area (Å²) in [5, 5.41) is 28.6. The fourth-order valence-electron chi connectivity index (χ4n) is 1.93. The van der Waals surface area contributed by atoms with Gasteiger partial charge < -0.3 is 0 Å². The van der Waals surface area contributed by atoms with Gasteiger partial charge in [0.1, 0.15) is 0 Å². The second-order valence-corrected chi connectivity index (χ2v) is 4.96. The molecule has 0 aliphatic carbocycles. The zero-order valence-electron chi connectivity index (χ0n) is 9.84. The van der Waals surface area contributed by atoms with Gasteiger partial charge in [-0.25, -0.2) is 0 Å². The Bertz CT molecular complexity index is 522. The average molecular weight is 335 g/mol. The van der Waals surface area contributed by atoms with Crippen LogP contribution in [0.15, 0.2) is 11.0 Å². The van der Waals surface area contributed by atoms with Gasteiger partial charge >= 0.3 is 116 Å². The van der Waals surface area contributed by atoms with Crippen molar-refractivity contribution in [1.82, 2.24) is 9.55 Å². The maximum absolute atomic E-state index is 11.5. The van der Waals surface area contributed by atoms with E-state index in [-0.39, 0.29) is 16.8 Å². The van der Waals surface area contributed by atoms with E-state index in [2.05, 4.69) is 21.0 Å². The van der Waals surface area contributed by atoms with Gasteiger partial charge in [0.25, 0.3) is 0 Å². The molecular weight excluding hydrogens is 321 g/mol. The quantitative estimate of drug-likeness (QED) is 0.415. The molecule has 1 aromatic rings. The second kappa shape index (κ2) is 5.68. The molecule has 1 fully saturated rings. The standard InChI is InChI=1S/C10H14N3O5Se/c11-1-4-2-13(10(19)12-8(4)17)9-7(16)6(15)5(3-14)18-9/h2,5-7,9,14-16H,1,3,11H2/t5-,6-,7-,9-/m1/s1. The van der Waals surface area contributed by atoms with Gasteiger partial charge in [-0.15, -0.1) is 0 Å². The van der Waals surface area contributed by atoms with Gasteiger partial charge in [-0.1, -0.05) is 0 Å². The fraction of sp³-hybridized carbons (Fsp3) is 0.600. The third kappa shape index (κ3) is 2.59. The van der Waals surface area contributed by atoms with Crippen molar-refractivity contribution in [3.05, 3.63) is 22.1 Å². The molecule has 0 aromatic carbocycles. The summed E-state index contributed by atoms with van der Waals surface area (Å²) in [6.07, 6.45) is -2.86. The van der Waals surface area contributed by atoms with E-state index in [4.69, 9.17) is 15.6 Å². The van der Waals surface area contributed by atoms with Crippen LogP contribution < -0.4 is 16.0 Å². The van der Waals surface area contributed by atoms with Crippen LogP contribution in [0.4, 0.5) is 0 Å². The molecule has 0 spiro atoms. The summed E-state index contributed by atoms with van der Waals surface area (Å²) in [4.78, 5) is 15.2. The first kappa shape index (κ1) is 14.6. The molecule has 9 heteroatoms. The first-order valence-electron chi connectivity index (χ1n) is 5.61. The number of nitrogens with two attached hydrogens (primary N) is 1. The minimum atomic E-state index is -1.24. The zero-order chi connectivity index (χ0) is 14.2. The van der Waals surface area contributed by atoms with E-state index < -0.39 is 36.7 Å². The molecule has 1 aliphatic heterocycles. The van der Waals surface area contributed by atoms with Crippen molar-refractivity contribution in [2.45, 2.75) is 31.1 Å². The Hall–Kier alpha value is -0.801. The van der Waals surface area contributed by atoms with Gasteiger partial charge in [0, 0.05) is 0 Å². The Kier molecular flexibility index (Phi) is 4.36. The Morgan fingerprint density at radius 1 is 1.47 bits per heavy atom. The van der Waals surface area contributed by atoms with Gasteiger partial charge in [-0.2, -0.15) is 0 Å². The van der Waals surface area contributed by atoms with Gasteiger partial charge in [0.2, 0.25) is 0 Å². The van der Waals surface area contributed by atoms with Crippen LogP contribution in [0.25, 0.3) is 0 Å². The SMILES string of the molecule is NCc1cn([C@@H]2O[C@H](CO)[C@@H](O)[C@H]2O)c([Se])nc1=O. The molecule has 0 saturated carbocycles. The maximum atomic E-state index is 11.5. The van der Waals surface area contributed by atoms with Crippen molar-refractivity contribution in [3.8, 4) is 0 Å². The molecule has 0 unspecified atom stereocenters. The predicted octanol–water partition coefficient (Wildman–Crippen LogP) is -3.89. The molecule has 0 amide bonds. The molecule has 1 aliphatic rings. The molecule has 2 rings (SSSR count). The van der Waals surface area contributed by atoms with Crippen LogP contribution in [-0.2, 0) is 11.3 Å². The number of hydrogen-bond acceptors (Lipinski definition) is 7. The molecule has 105 valence electrons. The van der Waals surface area contributed by atoms with Crippen molar-refractivity contribution in [3.63, 3.8) is 0 Å². The molecule has 8 nitrogen and oxygen atoms in total. The molecule has 1 aromatic heterocycles. The third-order valence-corrected chi connectivity index (χ3v) is 3.63. The van der Waals surface area contributed by atoms with Crippen LogP contribution in [-0.4, -0.2) is 65.8 Å². The topological polar surface area (TPSA) is 131 Å². The number of hydrogen-bond donors (Lipinski definition) is 4. The van der Waals surface area contributed by atoms with E-state index >= 15 is 0 Å². The van der Waals surface area contributed by atoms with Gasteiger partial charge in [0.05, 0.1) is 0 Å². The Labute approximate surface area is 116 Å². The van der Waals surface area contributed by atoms with E-state index in [1.807, 2.05) is 0 Å². The first-order valence-corrected chi connectivity index (χ1v) is 6.46. The van der Waals surface area contributed by atoms with Crippen molar-refractivity contribution >= 4 is 20.7 Å². The molecule has 2 heterocycles. The molecule has 5 N–H and O–H groups in total. The van der Waals surface area contributed by atoms with Gasteiger partial charge in [0.15, 0.2) is 0 Å². The van der Waals surface area contributed by atoms with E-state index in [1.165, 1.54) is 10.8 Å². The zero-order valence-corrected chi connectivity index (χ0v) is 11.6. The van der Waals surface area contributed by atoms with Crippen molar-refractivity contribution in [2.24, 2.45) is 5.73 Å². The van der Waals surface area contributed by atoms with Crippen LogP contribution in [0.5, 0.6) is 0 Å². The molecule has 1 saturated heterocycles. The Morgan fingerprint density at radius 3 is 2.68 bits per heavy atom. The number of aliphatic hydroxyl groups is 3. The van der Waals surface area contributed by atoms with Crippen molar-refractivity contribution in [1.29, 1.82) is 0 Å². The monoisotopic (exact) mass is 336 g/mol. The number of aromatic nitrogens is 2. The normalized spacial score (nSPS) is 30.7. The van der Waals surface area contributed by atoms with Crippen LogP contribution in [0.1, 0.15) is 11.8 Å². The molecule has 0 bridgehead atoms. The number of aliphatic hydroxyl groups excluding tert-OH is 3. The Morgan fingerprint density at radius 2 is 2.16 bits per heavy atom. The second-order valence-electron chi connectivity index (χ2n) is 4.19. The van der Waals surface area contributed by atoms with Crippen LogP contribution in [0.2, 0.25) is 0 Å². The van der Waals surface area contributed by atoms with Crippen LogP contribution >= 0.6 is 0 Å². The number of ether oxygens (including phenoxy) is 1. The van der Waals surface area contributed by atoms with E-state index in [0.717, 1.165) is 0 Å². The van der Waals surface area contributed by atoms with E-state index in [1.54, 1.807) is 0 Å². The first-order chi connectivity index (χ1) is 8.99. The van der Waals surface area contributed by atoms with Crippen LogP contribution in [0.3, 0.4) is 0 Å². The van der Waals surface area contributed by atoms with Gasteiger partial charge in [-0.3, -0.25) is 0 Å². The summed E-state index contributed by atoms with van der Waals surface area (Å²) in [6.45, 7) is -0.421. The molecular formula is C10H14N3O5Se. The Balaban J connectivity index is 2.40.